The lowest BCUT2D eigenvalue weighted by Crippen LogP contribution is -2.50. The van der Waals surface area contributed by atoms with Crippen LogP contribution in [0.1, 0.15) is 62.7 Å². The smallest absolute Gasteiger partial charge is 0.338 e. The van der Waals surface area contributed by atoms with E-state index in [0.29, 0.717) is 23.5 Å². The van der Waals surface area contributed by atoms with E-state index in [0.717, 1.165) is 25.8 Å². The topological polar surface area (TPSA) is 65.1 Å². The molecule has 0 aromatic heterocycles. The molecule has 1 heterocycles. The zero-order chi connectivity index (χ0) is 21.0. The van der Waals surface area contributed by atoms with Crippen LogP contribution in [0.5, 0.6) is 11.5 Å². The van der Waals surface area contributed by atoms with Gasteiger partial charge in [-0.25, -0.2) is 4.79 Å². The third-order valence-corrected chi connectivity index (χ3v) is 5.99. The summed E-state index contributed by atoms with van der Waals surface area (Å²) in [5, 5.41) is 0.261. The summed E-state index contributed by atoms with van der Waals surface area (Å²) in [5.74, 6) is 0.604. The van der Waals surface area contributed by atoms with Crippen molar-refractivity contribution in [3.05, 3.63) is 22.7 Å². The molecule has 0 radical (unpaired) electrons. The van der Waals surface area contributed by atoms with E-state index < -0.39 is 5.97 Å². The Bertz CT molecular complexity index is 749. The Labute approximate surface area is 177 Å². The number of nitrogens with zero attached hydrogens (tertiary/aromatic N) is 1. The van der Waals surface area contributed by atoms with Crippen LogP contribution in [0.2, 0.25) is 5.02 Å². The molecule has 2 atom stereocenters. The van der Waals surface area contributed by atoms with E-state index in [1.807, 2.05) is 18.7 Å². The van der Waals surface area contributed by atoms with Crippen LogP contribution in [0.4, 0.5) is 0 Å². The van der Waals surface area contributed by atoms with Crippen molar-refractivity contribution in [3.63, 3.8) is 0 Å². The lowest BCUT2D eigenvalue weighted by molar-refractivity contribution is -0.140. The number of carbonyl (C=O) groups is 2. The first-order valence-electron chi connectivity index (χ1n) is 10.4. The molecule has 160 valence electrons. The van der Waals surface area contributed by atoms with Gasteiger partial charge in [-0.2, -0.15) is 0 Å². The van der Waals surface area contributed by atoms with Crippen molar-refractivity contribution in [1.29, 1.82) is 0 Å². The number of esters is 1. The molecule has 2 fully saturated rings. The van der Waals surface area contributed by atoms with Gasteiger partial charge in [0.1, 0.15) is 0 Å². The van der Waals surface area contributed by atoms with Gasteiger partial charge in [0, 0.05) is 12.6 Å². The number of rotatable bonds is 6. The molecule has 1 aliphatic heterocycles. The molecule has 0 spiro atoms. The molecule has 1 aromatic carbocycles. The third-order valence-electron chi connectivity index (χ3n) is 5.71. The van der Waals surface area contributed by atoms with E-state index in [9.17, 15) is 9.59 Å². The number of likely N-dealkylation sites (tertiary alicyclic amines) is 1. The summed E-state index contributed by atoms with van der Waals surface area (Å²) < 4.78 is 16.3. The van der Waals surface area contributed by atoms with Crippen molar-refractivity contribution in [2.45, 2.75) is 64.5 Å². The maximum absolute atomic E-state index is 12.7. The summed E-state index contributed by atoms with van der Waals surface area (Å²) in [7, 11) is 1.48. The second kappa shape index (κ2) is 9.70. The highest BCUT2D eigenvalue weighted by atomic mass is 35.5. The molecule has 1 aromatic rings. The zero-order valence-electron chi connectivity index (χ0n) is 17.4. The third kappa shape index (κ3) is 5.16. The summed E-state index contributed by atoms with van der Waals surface area (Å²) in [4.78, 5) is 27.2. The van der Waals surface area contributed by atoms with Gasteiger partial charge >= 0.3 is 5.97 Å². The first kappa shape index (κ1) is 21.8. The van der Waals surface area contributed by atoms with Gasteiger partial charge in [0.05, 0.1) is 23.8 Å². The fraction of sp³-hybridized carbons (Fsp3) is 0.636. The summed E-state index contributed by atoms with van der Waals surface area (Å²) in [5.41, 5.74) is 0.227. The lowest BCUT2D eigenvalue weighted by atomic mass is 9.78. The van der Waals surface area contributed by atoms with Crippen LogP contribution < -0.4 is 9.47 Å². The fourth-order valence-corrected chi connectivity index (χ4v) is 4.67. The Kier molecular flexibility index (Phi) is 7.28. The number of ether oxygens (including phenoxy) is 3. The van der Waals surface area contributed by atoms with Crippen molar-refractivity contribution in [3.8, 4) is 11.5 Å². The van der Waals surface area contributed by atoms with Crippen molar-refractivity contribution in [1.82, 2.24) is 4.90 Å². The average Bonchev–Trinajstić information content (AvgIpc) is 2.72. The quantitative estimate of drug-likeness (QED) is 0.631. The summed E-state index contributed by atoms with van der Waals surface area (Å²) in [6.07, 6.45) is 6.77. The van der Waals surface area contributed by atoms with Crippen LogP contribution in [0.3, 0.4) is 0 Å². The second-order valence-electron chi connectivity index (χ2n) is 8.07. The molecule has 1 saturated heterocycles. The van der Waals surface area contributed by atoms with Gasteiger partial charge in [-0.05, 0) is 57.6 Å². The maximum atomic E-state index is 12.7. The minimum absolute atomic E-state index is 0.0926. The van der Waals surface area contributed by atoms with Crippen LogP contribution in [-0.2, 0) is 9.53 Å². The van der Waals surface area contributed by atoms with Gasteiger partial charge < -0.3 is 19.1 Å². The van der Waals surface area contributed by atoms with Crippen LogP contribution in [0.15, 0.2) is 12.1 Å². The Morgan fingerprint density at radius 2 is 1.90 bits per heavy atom. The van der Waals surface area contributed by atoms with Gasteiger partial charge in [0.2, 0.25) is 0 Å². The summed E-state index contributed by atoms with van der Waals surface area (Å²) in [6, 6.07) is 3.30. The molecule has 1 amide bonds. The number of fused-ring (bicyclic) bond motifs is 1. The predicted molar refractivity (Wildman–Crippen MR) is 111 cm³/mol. The standard InChI is InChI=1S/C22H30ClNO5/c1-14(2)29-21-17(23)11-16(12-19(21)27-3)22(26)28-13-20(25)24-10-6-8-15-7-4-5-9-18(15)24/h11-12,14-15,18H,4-10,13H2,1-3H3/t15-,18-/m0/s1. The van der Waals surface area contributed by atoms with E-state index >= 15 is 0 Å². The van der Waals surface area contributed by atoms with Crippen molar-refractivity contribution < 1.29 is 23.8 Å². The van der Waals surface area contributed by atoms with Crippen LogP contribution in [-0.4, -0.2) is 49.2 Å². The number of methoxy groups -OCH3 is 1. The number of piperidine rings is 1. The van der Waals surface area contributed by atoms with E-state index in [1.54, 1.807) is 0 Å². The van der Waals surface area contributed by atoms with Gasteiger partial charge in [-0.15, -0.1) is 0 Å². The Balaban J connectivity index is 1.64. The second-order valence-corrected chi connectivity index (χ2v) is 8.48. The van der Waals surface area contributed by atoms with Gasteiger partial charge in [0.15, 0.2) is 18.1 Å². The highest BCUT2D eigenvalue weighted by Crippen LogP contribution is 2.38. The Morgan fingerprint density at radius 3 is 2.62 bits per heavy atom. The van der Waals surface area contributed by atoms with Crippen molar-refractivity contribution in [2.24, 2.45) is 5.92 Å². The monoisotopic (exact) mass is 423 g/mol. The minimum atomic E-state index is -0.605. The number of halogens is 1. The molecule has 3 rings (SSSR count). The van der Waals surface area contributed by atoms with Gasteiger partial charge in [-0.1, -0.05) is 24.4 Å². The highest BCUT2D eigenvalue weighted by molar-refractivity contribution is 6.32. The Morgan fingerprint density at radius 1 is 1.17 bits per heavy atom. The van der Waals surface area contributed by atoms with Crippen molar-refractivity contribution >= 4 is 23.5 Å². The van der Waals surface area contributed by atoms with Crippen LogP contribution in [0.25, 0.3) is 0 Å². The SMILES string of the molecule is COc1cc(C(=O)OCC(=O)N2CCC[C@@H]3CCCC[C@@H]32)cc(Cl)c1OC(C)C. The molecule has 6 nitrogen and oxygen atoms in total. The molecule has 2 aliphatic rings. The molecule has 0 unspecified atom stereocenters. The number of hydrogen-bond donors (Lipinski definition) is 0. The molecular formula is C22H30ClNO5. The normalized spacial score (nSPS) is 21.5. The van der Waals surface area contributed by atoms with Crippen molar-refractivity contribution in [2.75, 3.05) is 20.3 Å². The van der Waals surface area contributed by atoms with Gasteiger partial charge in [0.25, 0.3) is 5.91 Å². The van der Waals surface area contributed by atoms with E-state index in [1.165, 1.54) is 38.5 Å². The molecular weight excluding hydrogens is 394 g/mol. The van der Waals surface area contributed by atoms with E-state index in [-0.39, 0.29) is 29.2 Å². The maximum Gasteiger partial charge on any atom is 0.338 e. The number of benzene rings is 1. The molecule has 7 heteroatoms. The lowest BCUT2D eigenvalue weighted by Gasteiger charge is -2.44. The predicted octanol–water partition coefficient (Wildman–Crippen LogP) is 4.47. The molecule has 0 N–H and O–H groups in total. The average molecular weight is 424 g/mol. The number of amides is 1. The first-order chi connectivity index (χ1) is 13.9. The fourth-order valence-electron chi connectivity index (χ4n) is 4.42. The molecule has 0 bridgehead atoms. The first-order valence-corrected chi connectivity index (χ1v) is 10.8. The minimum Gasteiger partial charge on any atom is -0.493 e. The number of carbonyl (C=O) groups excluding carboxylic acids is 2. The van der Waals surface area contributed by atoms with E-state index in [2.05, 4.69) is 0 Å². The largest absolute Gasteiger partial charge is 0.493 e. The Hall–Kier alpha value is -1.95. The molecule has 1 saturated carbocycles. The van der Waals surface area contributed by atoms with Crippen LogP contribution in [0, 0.1) is 5.92 Å². The van der Waals surface area contributed by atoms with E-state index in [4.69, 9.17) is 25.8 Å². The van der Waals surface area contributed by atoms with Crippen LogP contribution >= 0.6 is 11.6 Å². The summed E-state index contributed by atoms with van der Waals surface area (Å²) in [6.45, 7) is 4.24. The molecule has 1 aliphatic carbocycles. The number of hydrogen-bond acceptors (Lipinski definition) is 5. The van der Waals surface area contributed by atoms with Gasteiger partial charge in [-0.3, -0.25) is 4.79 Å². The highest BCUT2D eigenvalue weighted by Gasteiger charge is 2.35. The molecule has 29 heavy (non-hydrogen) atoms. The summed E-state index contributed by atoms with van der Waals surface area (Å²) >= 11 is 6.27. The zero-order valence-corrected chi connectivity index (χ0v) is 18.2.